The van der Waals surface area contributed by atoms with Crippen LogP contribution in [0.5, 0.6) is 0 Å². The molecule has 0 spiro atoms. The maximum absolute atomic E-state index is 14.3. The highest BCUT2D eigenvalue weighted by molar-refractivity contribution is 5.94. The van der Waals surface area contributed by atoms with Crippen LogP contribution in [0.15, 0.2) is 42.5 Å². The Balaban J connectivity index is 1.48. The Labute approximate surface area is 180 Å². The van der Waals surface area contributed by atoms with E-state index in [2.05, 4.69) is 0 Å². The lowest BCUT2D eigenvalue weighted by atomic mass is 9.91. The highest BCUT2D eigenvalue weighted by atomic mass is 19.3. The van der Waals surface area contributed by atoms with Crippen LogP contribution in [0.25, 0.3) is 0 Å². The fourth-order valence-corrected chi connectivity index (χ4v) is 4.08. The van der Waals surface area contributed by atoms with Gasteiger partial charge in [-0.1, -0.05) is 18.2 Å². The van der Waals surface area contributed by atoms with Crippen molar-refractivity contribution in [2.45, 2.75) is 37.3 Å². The first-order valence-electron chi connectivity index (χ1n) is 9.98. The number of benzene rings is 2. The summed E-state index contributed by atoms with van der Waals surface area (Å²) in [6.45, 7) is 2.48. The second kappa shape index (κ2) is 7.99. The van der Waals surface area contributed by atoms with Crippen molar-refractivity contribution in [3.63, 3.8) is 0 Å². The van der Waals surface area contributed by atoms with Gasteiger partial charge in [0.2, 0.25) is 0 Å². The molecular weight excluding hydrogens is 438 g/mol. The van der Waals surface area contributed by atoms with Gasteiger partial charge < -0.3 is 9.64 Å². The number of hydrogen-bond donors (Lipinski definition) is 0. The van der Waals surface area contributed by atoms with E-state index in [0.29, 0.717) is 12.2 Å². The monoisotopic (exact) mass is 458 g/mol. The molecule has 0 aromatic heterocycles. The van der Waals surface area contributed by atoms with E-state index in [9.17, 15) is 31.1 Å². The summed E-state index contributed by atoms with van der Waals surface area (Å²) < 4.78 is 84.5. The third-order valence-electron chi connectivity index (χ3n) is 6.03. The van der Waals surface area contributed by atoms with Crippen molar-refractivity contribution >= 4 is 11.7 Å². The Morgan fingerprint density at radius 2 is 1.75 bits per heavy atom. The topological polar surface area (TPSA) is 36.1 Å². The molecule has 0 radical (unpaired) electrons. The van der Waals surface area contributed by atoms with Crippen molar-refractivity contribution in [1.29, 1.82) is 0 Å². The molecule has 4 rings (SSSR count). The summed E-state index contributed by atoms with van der Waals surface area (Å²) in [7, 11) is 0. The molecule has 2 aliphatic heterocycles. The Hall–Kier alpha value is -2.75. The summed E-state index contributed by atoms with van der Waals surface area (Å²) in [5.41, 5.74) is -0.462. The van der Waals surface area contributed by atoms with Gasteiger partial charge in [0.25, 0.3) is 0 Å². The first kappa shape index (κ1) is 22.4. The molecule has 0 aliphatic carbocycles. The predicted molar refractivity (Wildman–Crippen MR) is 104 cm³/mol. The maximum atomic E-state index is 14.3. The molecule has 2 amide bonds. The molecule has 0 saturated carbocycles. The molecule has 0 N–H and O–H groups in total. The van der Waals surface area contributed by atoms with Gasteiger partial charge in [-0.15, -0.1) is 0 Å². The van der Waals surface area contributed by atoms with E-state index >= 15 is 0 Å². The number of anilines is 1. The fourth-order valence-electron chi connectivity index (χ4n) is 4.08. The summed E-state index contributed by atoms with van der Waals surface area (Å²) >= 11 is 0. The zero-order valence-electron chi connectivity index (χ0n) is 17.0. The SMILES string of the molecule is C[C@@H](N1CCN(c2ccc(CC(F)(F)C(F)F)cc2)C1=O)[C@]1(c2ccc(F)cc2F)CO1. The van der Waals surface area contributed by atoms with Crippen LogP contribution < -0.4 is 4.90 Å². The van der Waals surface area contributed by atoms with Crippen molar-refractivity contribution in [2.75, 3.05) is 24.6 Å². The highest BCUT2D eigenvalue weighted by Crippen LogP contribution is 2.46. The van der Waals surface area contributed by atoms with Crippen molar-refractivity contribution in [1.82, 2.24) is 4.90 Å². The number of carbonyl (C=O) groups is 1. The number of urea groups is 1. The fraction of sp³-hybridized carbons (Fsp3) is 0.409. The Kier molecular flexibility index (Phi) is 5.60. The molecule has 4 nitrogen and oxygen atoms in total. The third kappa shape index (κ3) is 3.92. The molecule has 10 heteroatoms. The number of carbonyl (C=O) groups excluding carboxylic acids is 1. The van der Waals surface area contributed by atoms with Gasteiger partial charge in [0, 0.05) is 36.8 Å². The average Bonchev–Trinajstić information content (AvgIpc) is 3.44. The molecule has 2 atom stereocenters. The number of alkyl halides is 4. The van der Waals surface area contributed by atoms with Crippen LogP contribution in [0.4, 0.5) is 36.8 Å². The van der Waals surface area contributed by atoms with Crippen molar-refractivity contribution in [3.05, 3.63) is 65.2 Å². The Morgan fingerprint density at radius 3 is 2.31 bits per heavy atom. The molecule has 2 fully saturated rings. The van der Waals surface area contributed by atoms with E-state index in [1.807, 2.05) is 0 Å². The number of nitrogens with zero attached hydrogens (tertiary/aromatic N) is 2. The first-order chi connectivity index (χ1) is 15.0. The quantitative estimate of drug-likeness (QED) is 0.434. The molecule has 2 aromatic carbocycles. The van der Waals surface area contributed by atoms with Crippen LogP contribution >= 0.6 is 0 Å². The molecule has 2 aromatic rings. The lowest BCUT2D eigenvalue weighted by Crippen LogP contribution is -2.45. The predicted octanol–water partition coefficient (Wildman–Crippen LogP) is 4.96. The van der Waals surface area contributed by atoms with Gasteiger partial charge in [0.15, 0.2) is 0 Å². The number of hydrogen-bond acceptors (Lipinski definition) is 2. The number of amides is 2. The van der Waals surface area contributed by atoms with Gasteiger partial charge in [-0.3, -0.25) is 4.90 Å². The van der Waals surface area contributed by atoms with Crippen LogP contribution in [0.3, 0.4) is 0 Å². The van der Waals surface area contributed by atoms with Crippen LogP contribution in [0.2, 0.25) is 0 Å². The van der Waals surface area contributed by atoms with Gasteiger partial charge in [-0.2, -0.15) is 8.78 Å². The van der Waals surface area contributed by atoms with Gasteiger partial charge in [-0.25, -0.2) is 22.4 Å². The normalized spacial score (nSPS) is 22.1. The van der Waals surface area contributed by atoms with E-state index < -0.39 is 42.0 Å². The summed E-state index contributed by atoms with van der Waals surface area (Å²) in [4.78, 5) is 15.9. The van der Waals surface area contributed by atoms with Crippen LogP contribution in [-0.4, -0.2) is 49.0 Å². The summed E-state index contributed by atoms with van der Waals surface area (Å²) in [5, 5.41) is 0. The van der Waals surface area contributed by atoms with Crippen LogP contribution in [0, 0.1) is 11.6 Å². The third-order valence-corrected chi connectivity index (χ3v) is 6.03. The zero-order chi connectivity index (χ0) is 23.3. The first-order valence-corrected chi connectivity index (χ1v) is 9.98. The molecule has 32 heavy (non-hydrogen) atoms. The number of halogens is 6. The van der Waals surface area contributed by atoms with Gasteiger partial charge in [0.1, 0.15) is 17.2 Å². The Bertz CT molecular complexity index is 1010. The largest absolute Gasteiger partial charge is 0.362 e. The van der Waals surface area contributed by atoms with E-state index in [-0.39, 0.29) is 30.3 Å². The van der Waals surface area contributed by atoms with E-state index in [4.69, 9.17) is 4.74 Å². The molecule has 2 saturated heterocycles. The van der Waals surface area contributed by atoms with E-state index in [0.717, 1.165) is 12.1 Å². The Morgan fingerprint density at radius 1 is 1.09 bits per heavy atom. The number of epoxide rings is 1. The summed E-state index contributed by atoms with van der Waals surface area (Å²) in [6, 6.07) is 7.67. The lowest BCUT2D eigenvalue weighted by Gasteiger charge is -2.30. The number of rotatable bonds is 7. The van der Waals surface area contributed by atoms with Gasteiger partial charge in [0.05, 0.1) is 12.6 Å². The average molecular weight is 458 g/mol. The minimum Gasteiger partial charge on any atom is -0.362 e. The summed E-state index contributed by atoms with van der Waals surface area (Å²) in [6.07, 6.45) is -4.87. The van der Waals surface area contributed by atoms with Crippen molar-refractivity contribution in [2.24, 2.45) is 0 Å². The minimum atomic E-state index is -4.13. The molecule has 0 bridgehead atoms. The highest BCUT2D eigenvalue weighted by Gasteiger charge is 2.56. The summed E-state index contributed by atoms with van der Waals surface area (Å²) in [5.74, 6) is -5.60. The van der Waals surface area contributed by atoms with Gasteiger partial charge in [-0.05, 0) is 30.7 Å². The second-order valence-electron chi connectivity index (χ2n) is 8.01. The van der Waals surface area contributed by atoms with Gasteiger partial charge >= 0.3 is 18.4 Å². The standard InChI is InChI=1S/C22H20F6N2O2/c1-13(21(12-32-21)17-7-4-15(23)10-18(17)24)29-8-9-30(20(29)31)16-5-2-14(3-6-16)11-22(27,28)19(25)26/h2-7,10,13,19H,8-9,11-12H2,1H3/t13-,21+/m1/s1. The van der Waals surface area contributed by atoms with Crippen LogP contribution in [0.1, 0.15) is 18.1 Å². The van der Waals surface area contributed by atoms with Crippen LogP contribution in [-0.2, 0) is 16.8 Å². The smallest absolute Gasteiger partial charge is 0.324 e. The number of ether oxygens (including phenoxy) is 1. The molecule has 2 heterocycles. The minimum absolute atomic E-state index is 0.0213. The maximum Gasteiger partial charge on any atom is 0.324 e. The lowest BCUT2D eigenvalue weighted by molar-refractivity contribution is -0.127. The molecule has 0 unspecified atom stereocenters. The van der Waals surface area contributed by atoms with Crippen molar-refractivity contribution < 1.29 is 35.9 Å². The second-order valence-corrected chi connectivity index (χ2v) is 8.01. The zero-order valence-corrected chi connectivity index (χ0v) is 17.0. The molecular formula is C22H20F6N2O2. The molecule has 2 aliphatic rings. The molecule has 172 valence electrons. The van der Waals surface area contributed by atoms with E-state index in [1.54, 1.807) is 6.92 Å². The van der Waals surface area contributed by atoms with Crippen molar-refractivity contribution in [3.8, 4) is 0 Å². The van der Waals surface area contributed by atoms with E-state index in [1.165, 1.54) is 40.1 Å².